The third-order valence-corrected chi connectivity index (χ3v) is 2.77. The molecule has 17 heavy (non-hydrogen) atoms. The van der Waals surface area contributed by atoms with Crippen molar-refractivity contribution in [3.05, 3.63) is 54.7 Å². The van der Waals surface area contributed by atoms with Gasteiger partial charge >= 0.3 is 0 Å². The lowest BCUT2D eigenvalue weighted by Gasteiger charge is -2.03. The maximum absolute atomic E-state index is 4.27. The molecule has 0 saturated heterocycles. The molecule has 0 aliphatic rings. The molecule has 0 bridgehead atoms. The van der Waals surface area contributed by atoms with Gasteiger partial charge in [0.15, 0.2) is 5.65 Å². The molecule has 0 N–H and O–H groups in total. The van der Waals surface area contributed by atoms with E-state index in [0.717, 1.165) is 24.1 Å². The summed E-state index contributed by atoms with van der Waals surface area (Å²) in [6.07, 6.45) is 6.10. The topological polar surface area (TPSA) is 43.6 Å². The average molecular weight is 224 g/mol. The fourth-order valence-electron chi connectivity index (χ4n) is 1.87. The Balaban J connectivity index is 1.82. The summed E-state index contributed by atoms with van der Waals surface area (Å²) in [5.74, 6) is 0. The van der Waals surface area contributed by atoms with Crippen molar-refractivity contribution in [3.8, 4) is 0 Å². The molecule has 84 valence electrons. The quantitative estimate of drug-likeness (QED) is 0.684. The molecule has 3 rings (SSSR count). The Kier molecular flexibility index (Phi) is 2.54. The molecular weight excluding hydrogens is 212 g/mol. The number of hydrogen-bond donors (Lipinski definition) is 0. The van der Waals surface area contributed by atoms with Gasteiger partial charge in [-0.3, -0.25) is 0 Å². The monoisotopic (exact) mass is 224 g/mol. The Bertz CT molecular complexity index is 615. The highest BCUT2D eigenvalue weighted by Crippen LogP contribution is 2.09. The molecule has 0 aliphatic heterocycles. The first-order chi connectivity index (χ1) is 8.43. The predicted octanol–water partition coefficient (Wildman–Crippen LogP) is 2.07. The maximum Gasteiger partial charge on any atom is 0.163 e. The molecule has 0 saturated carbocycles. The van der Waals surface area contributed by atoms with E-state index in [4.69, 9.17) is 0 Å². The van der Waals surface area contributed by atoms with Crippen LogP contribution >= 0.6 is 0 Å². The Labute approximate surface area is 99.0 Å². The van der Waals surface area contributed by atoms with E-state index in [1.165, 1.54) is 5.56 Å². The summed E-state index contributed by atoms with van der Waals surface area (Å²) in [5, 5.41) is 0. The summed E-state index contributed by atoms with van der Waals surface area (Å²) in [6, 6.07) is 10.4. The molecule has 0 unspecified atom stereocenters. The van der Waals surface area contributed by atoms with Crippen LogP contribution in [0.2, 0.25) is 0 Å². The standard InChI is InChI=1S/C13H12N4/c1-2-4-11(5-3-1)6-7-17-10-16-12-8-14-9-15-13(12)17/h1-5,8-10H,6-7H2. The second kappa shape index (κ2) is 4.33. The summed E-state index contributed by atoms with van der Waals surface area (Å²) in [5.41, 5.74) is 3.07. The minimum atomic E-state index is 0.848. The molecule has 0 radical (unpaired) electrons. The molecule has 0 spiro atoms. The molecular formula is C13H12N4. The van der Waals surface area contributed by atoms with Crippen LogP contribution in [0.5, 0.6) is 0 Å². The van der Waals surface area contributed by atoms with Crippen molar-refractivity contribution in [2.75, 3.05) is 0 Å². The molecule has 3 aromatic rings. The van der Waals surface area contributed by atoms with Crippen molar-refractivity contribution in [1.29, 1.82) is 0 Å². The van der Waals surface area contributed by atoms with Crippen LogP contribution in [-0.4, -0.2) is 19.5 Å². The van der Waals surface area contributed by atoms with Crippen molar-refractivity contribution in [2.45, 2.75) is 13.0 Å². The first-order valence-electron chi connectivity index (χ1n) is 5.58. The lowest BCUT2D eigenvalue weighted by atomic mass is 10.1. The maximum atomic E-state index is 4.27. The van der Waals surface area contributed by atoms with Gasteiger partial charge in [0, 0.05) is 6.54 Å². The van der Waals surface area contributed by atoms with Crippen LogP contribution in [0.3, 0.4) is 0 Å². The molecule has 4 heteroatoms. The van der Waals surface area contributed by atoms with Gasteiger partial charge in [0.25, 0.3) is 0 Å². The van der Waals surface area contributed by atoms with E-state index in [-0.39, 0.29) is 0 Å². The van der Waals surface area contributed by atoms with E-state index >= 15 is 0 Å². The van der Waals surface area contributed by atoms with Crippen LogP contribution < -0.4 is 0 Å². The van der Waals surface area contributed by atoms with Crippen molar-refractivity contribution < 1.29 is 0 Å². The lowest BCUT2D eigenvalue weighted by molar-refractivity contribution is 0.709. The van der Waals surface area contributed by atoms with Crippen LogP contribution in [0.25, 0.3) is 11.2 Å². The third kappa shape index (κ3) is 2.01. The van der Waals surface area contributed by atoms with E-state index in [1.54, 1.807) is 12.5 Å². The first-order valence-corrected chi connectivity index (χ1v) is 5.58. The molecule has 0 atom stereocenters. The zero-order chi connectivity index (χ0) is 11.5. The fourth-order valence-corrected chi connectivity index (χ4v) is 1.87. The summed E-state index contributed by atoms with van der Waals surface area (Å²) in [6.45, 7) is 0.886. The number of benzene rings is 1. The Morgan fingerprint density at radius 2 is 1.94 bits per heavy atom. The van der Waals surface area contributed by atoms with E-state index in [0.29, 0.717) is 0 Å². The molecule has 0 fully saturated rings. The molecule has 2 heterocycles. The summed E-state index contributed by atoms with van der Waals surface area (Å²) in [7, 11) is 0. The lowest BCUT2D eigenvalue weighted by Crippen LogP contribution is -2.00. The molecule has 1 aromatic carbocycles. The van der Waals surface area contributed by atoms with Crippen LogP contribution in [-0.2, 0) is 13.0 Å². The van der Waals surface area contributed by atoms with Crippen LogP contribution in [0.1, 0.15) is 5.56 Å². The van der Waals surface area contributed by atoms with Crippen LogP contribution in [0.15, 0.2) is 49.2 Å². The number of rotatable bonds is 3. The van der Waals surface area contributed by atoms with Gasteiger partial charge in [-0.25, -0.2) is 15.0 Å². The van der Waals surface area contributed by atoms with E-state index < -0.39 is 0 Å². The van der Waals surface area contributed by atoms with Gasteiger partial charge in [0.05, 0.1) is 12.5 Å². The van der Waals surface area contributed by atoms with E-state index in [2.05, 4.69) is 43.8 Å². The Morgan fingerprint density at radius 3 is 2.82 bits per heavy atom. The zero-order valence-corrected chi connectivity index (χ0v) is 9.32. The minimum absolute atomic E-state index is 0.848. The number of aryl methyl sites for hydroxylation is 2. The number of hydrogen-bond acceptors (Lipinski definition) is 3. The highest BCUT2D eigenvalue weighted by atomic mass is 15.1. The Hall–Kier alpha value is -2.23. The predicted molar refractivity (Wildman–Crippen MR) is 65.5 cm³/mol. The molecule has 0 aliphatic carbocycles. The van der Waals surface area contributed by atoms with Crippen molar-refractivity contribution >= 4 is 11.2 Å². The molecule has 4 nitrogen and oxygen atoms in total. The van der Waals surface area contributed by atoms with E-state index in [9.17, 15) is 0 Å². The summed E-state index contributed by atoms with van der Waals surface area (Å²) in [4.78, 5) is 12.5. The Morgan fingerprint density at radius 1 is 1.06 bits per heavy atom. The highest BCUT2D eigenvalue weighted by molar-refractivity contribution is 5.68. The van der Waals surface area contributed by atoms with Gasteiger partial charge in [0.1, 0.15) is 11.8 Å². The van der Waals surface area contributed by atoms with Gasteiger partial charge in [-0.05, 0) is 12.0 Å². The van der Waals surface area contributed by atoms with Gasteiger partial charge < -0.3 is 4.57 Å². The van der Waals surface area contributed by atoms with Crippen molar-refractivity contribution in [3.63, 3.8) is 0 Å². The van der Waals surface area contributed by atoms with E-state index in [1.807, 2.05) is 12.4 Å². The highest BCUT2D eigenvalue weighted by Gasteiger charge is 2.02. The van der Waals surface area contributed by atoms with Crippen molar-refractivity contribution in [2.24, 2.45) is 0 Å². The SMILES string of the molecule is c1ccc(CCn2cnc3cncnc32)cc1. The largest absolute Gasteiger partial charge is 0.315 e. The third-order valence-electron chi connectivity index (χ3n) is 2.77. The number of fused-ring (bicyclic) bond motifs is 1. The van der Waals surface area contributed by atoms with Gasteiger partial charge in [-0.2, -0.15) is 0 Å². The number of imidazole rings is 1. The summed E-state index contributed by atoms with van der Waals surface area (Å²) >= 11 is 0. The molecule has 2 aromatic heterocycles. The second-order valence-electron chi connectivity index (χ2n) is 3.91. The normalized spacial score (nSPS) is 10.8. The van der Waals surface area contributed by atoms with Crippen molar-refractivity contribution in [1.82, 2.24) is 19.5 Å². The summed E-state index contributed by atoms with van der Waals surface area (Å²) < 4.78 is 2.06. The smallest absolute Gasteiger partial charge is 0.163 e. The van der Waals surface area contributed by atoms with Crippen LogP contribution in [0, 0.1) is 0 Å². The number of aromatic nitrogens is 4. The second-order valence-corrected chi connectivity index (χ2v) is 3.91. The number of nitrogens with zero attached hydrogens (tertiary/aromatic N) is 4. The average Bonchev–Trinajstić information content (AvgIpc) is 2.81. The van der Waals surface area contributed by atoms with Crippen LogP contribution in [0.4, 0.5) is 0 Å². The van der Waals surface area contributed by atoms with Gasteiger partial charge in [-0.15, -0.1) is 0 Å². The zero-order valence-electron chi connectivity index (χ0n) is 9.32. The fraction of sp³-hybridized carbons (Fsp3) is 0.154. The first kappa shape index (κ1) is 9.96. The van der Waals surface area contributed by atoms with Gasteiger partial charge in [-0.1, -0.05) is 30.3 Å². The molecule has 0 amide bonds. The van der Waals surface area contributed by atoms with Gasteiger partial charge in [0.2, 0.25) is 0 Å². The minimum Gasteiger partial charge on any atom is -0.315 e.